The zero-order chi connectivity index (χ0) is 20.7. The van der Waals surface area contributed by atoms with E-state index in [1.54, 1.807) is 33.4 Å². The first kappa shape index (κ1) is 19.2. The monoisotopic (exact) mass is 411 g/mol. The number of methoxy groups -OCH3 is 1. The van der Waals surface area contributed by atoms with Gasteiger partial charge < -0.3 is 9.84 Å². The summed E-state index contributed by atoms with van der Waals surface area (Å²) < 4.78 is 8.54. The second-order valence-corrected chi connectivity index (χ2v) is 7.84. The lowest BCUT2D eigenvalue weighted by Gasteiger charge is -2.23. The third-order valence-corrected chi connectivity index (χ3v) is 6.33. The van der Waals surface area contributed by atoms with E-state index < -0.39 is 0 Å². The molecule has 3 aromatic rings. The number of nitrogens with zero attached hydrogens (tertiary/aromatic N) is 3. The topological polar surface area (TPSA) is 76.7 Å². The molecule has 0 aliphatic carbocycles. The number of thioether (sulfide) groups is 1. The number of carbonyl (C=O) groups excluding carboxylic acids is 1. The average Bonchev–Trinajstić information content (AvgIpc) is 3.20. The number of hydrogen-bond donors (Lipinski definition) is 1. The summed E-state index contributed by atoms with van der Waals surface area (Å²) in [6.07, 6.45) is 0. The molecule has 1 aliphatic rings. The van der Waals surface area contributed by atoms with E-state index in [1.165, 1.54) is 24.9 Å². The van der Waals surface area contributed by atoms with Gasteiger partial charge in [0.15, 0.2) is 11.5 Å². The van der Waals surface area contributed by atoms with Gasteiger partial charge >= 0.3 is 0 Å². The fraction of sp³-hybridized carbons (Fsp3) is 0.238. The summed E-state index contributed by atoms with van der Waals surface area (Å²) in [5.41, 5.74) is 2.33. The molecule has 1 saturated heterocycles. The van der Waals surface area contributed by atoms with Crippen molar-refractivity contribution in [3.05, 3.63) is 70.1 Å². The molecule has 1 aliphatic heterocycles. The van der Waals surface area contributed by atoms with Crippen LogP contribution in [0.4, 0.5) is 5.69 Å². The van der Waals surface area contributed by atoms with Crippen molar-refractivity contribution in [1.82, 2.24) is 9.36 Å². The summed E-state index contributed by atoms with van der Waals surface area (Å²) in [6.45, 7) is 1.83. The number of rotatable bonds is 4. The molecule has 0 saturated carbocycles. The summed E-state index contributed by atoms with van der Waals surface area (Å²) in [6, 6.07) is 14.3. The molecule has 0 spiro atoms. The number of benzene rings is 2. The van der Waals surface area contributed by atoms with Gasteiger partial charge in [-0.15, -0.1) is 11.8 Å². The normalized spacial score (nSPS) is 16.4. The number of phenolic OH excluding ortho intramolecular Hbond substituents is 1. The molecule has 1 fully saturated rings. The van der Waals surface area contributed by atoms with Gasteiger partial charge in [0.25, 0.3) is 5.56 Å². The lowest BCUT2D eigenvalue weighted by molar-refractivity contribution is -0.115. The Balaban J connectivity index is 1.85. The molecule has 1 N–H and O–H groups in total. The highest BCUT2D eigenvalue weighted by Crippen LogP contribution is 2.43. The van der Waals surface area contributed by atoms with Gasteiger partial charge in [0.2, 0.25) is 5.91 Å². The van der Waals surface area contributed by atoms with Crippen LogP contribution in [0.5, 0.6) is 11.5 Å². The van der Waals surface area contributed by atoms with Crippen LogP contribution in [0, 0.1) is 6.92 Å². The van der Waals surface area contributed by atoms with E-state index in [0.717, 1.165) is 11.3 Å². The van der Waals surface area contributed by atoms with Gasteiger partial charge in [-0.1, -0.05) is 24.3 Å². The Morgan fingerprint density at radius 3 is 2.55 bits per heavy atom. The molecule has 7 nitrogen and oxygen atoms in total. The second-order valence-electron chi connectivity index (χ2n) is 6.77. The van der Waals surface area contributed by atoms with Crippen LogP contribution in [-0.2, 0) is 11.8 Å². The average molecular weight is 411 g/mol. The van der Waals surface area contributed by atoms with Crippen LogP contribution >= 0.6 is 11.8 Å². The van der Waals surface area contributed by atoms with Gasteiger partial charge in [0, 0.05) is 7.05 Å². The zero-order valence-corrected chi connectivity index (χ0v) is 17.1. The Hall–Kier alpha value is -3.13. The predicted octanol–water partition coefficient (Wildman–Crippen LogP) is 2.98. The van der Waals surface area contributed by atoms with Crippen molar-refractivity contribution < 1.29 is 14.6 Å². The number of anilines is 1. The van der Waals surface area contributed by atoms with Crippen molar-refractivity contribution in [3.8, 4) is 17.2 Å². The van der Waals surface area contributed by atoms with E-state index in [2.05, 4.69) is 0 Å². The first-order valence-corrected chi connectivity index (χ1v) is 10.1. The Bertz CT molecular complexity index is 1140. The van der Waals surface area contributed by atoms with Crippen molar-refractivity contribution in [2.45, 2.75) is 12.3 Å². The number of ether oxygens (including phenoxy) is 1. The smallest absolute Gasteiger partial charge is 0.295 e. The maximum atomic E-state index is 13.4. The summed E-state index contributed by atoms with van der Waals surface area (Å²) in [4.78, 5) is 27.7. The maximum absolute atomic E-state index is 13.4. The number of aromatic nitrogens is 2. The lowest BCUT2D eigenvalue weighted by atomic mass is 10.1. The molecule has 8 heteroatoms. The predicted molar refractivity (Wildman–Crippen MR) is 113 cm³/mol. The summed E-state index contributed by atoms with van der Waals surface area (Å²) in [7, 11) is 3.28. The van der Waals surface area contributed by atoms with E-state index >= 15 is 0 Å². The largest absolute Gasteiger partial charge is 0.504 e. The molecule has 1 atom stereocenters. The molecule has 1 aromatic heterocycles. The molecule has 1 amide bonds. The van der Waals surface area contributed by atoms with Crippen molar-refractivity contribution >= 4 is 23.4 Å². The van der Waals surface area contributed by atoms with Crippen molar-refractivity contribution in [2.24, 2.45) is 7.05 Å². The van der Waals surface area contributed by atoms with Crippen LogP contribution in [0.25, 0.3) is 5.69 Å². The summed E-state index contributed by atoms with van der Waals surface area (Å²) in [5.74, 6) is 0.499. The van der Waals surface area contributed by atoms with E-state index in [-0.39, 0.29) is 28.3 Å². The van der Waals surface area contributed by atoms with Gasteiger partial charge in [-0.05, 0) is 36.8 Å². The molecule has 29 heavy (non-hydrogen) atoms. The third kappa shape index (κ3) is 3.09. The van der Waals surface area contributed by atoms with Crippen LogP contribution in [0.15, 0.2) is 53.3 Å². The van der Waals surface area contributed by atoms with Crippen LogP contribution in [-0.4, -0.2) is 33.2 Å². The van der Waals surface area contributed by atoms with Crippen LogP contribution in [0.2, 0.25) is 0 Å². The van der Waals surface area contributed by atoms with Crippen molar-refractivity contribution in [1.29, 1.82) is 0 Å². The second kappa shape index (κ2) is 7.36. The SMILES string of the molecule is COc1cc([C@H]2SCC(=O)N2c2c(C)n(C)n(-c3ccccc3)c2=O)ccc1O. The molecule has 4 rings (SSSR count). The number of hydrogen-bond acceptors (Lipinski definition) is 5. The first-order valence-electron chi connectivity index (χ1n) is 9.08. The Kier molecular flexibility index (Phi) is 4.87. The minimum absolute atomic E-state index is 0.0273. The Labute approximate surface area is 172 Å². The first-order chi connectivity index (χ1) is 13.9. The van der Waals surface area contributed by atoms with E-state index in [1.807, 2.05) is 37.3 Å². The maximum Gasteiger partial charge on any atom is 0.295 e. The molecule has 0 bridgehead atoms. The highest BCUT2D eigenvalue weighted by atomic mass is 32.2. The van der Waals surface area contributed by atoms with Crippen LogP contribution in [0.3, 0.4) is 0 Å². The zero-order valence-electron chi connectivity index (χ0n) is 16.3. The van der Waals surface area contributed by atoms with Crippen molar-refractivity contribution in [2.75, 3.05) is 17.8 Å². The number of carbonyl (C=O) groups is 1. The molecular formula is C21H21N3O4S. The molecule has 2 heterocycles. The van der Waals surface area contributed by atoms with Gasteiger partial charge in [-0.3, -0.25) is 19.2 Å². The Morgan fingerprint density at radius 1 is 1.14 bits per heavy atom. The fourth-order valence-electron chi connectivity index (χ4n) is 3.59. The Morgan fingerprint density at radius 2 is 1.86 bits per heavy atom. The third-order valence-electron chi connectivity index (χ3n) is 5.12. The van der Waals surface area contributed by atoms with E-state index in [4.69, 9.17) is 4.74 Å². The number of para-hydroxylation sites is 1. The number of phenols is 1. The van der Waals surface area contributed by atoms with E-state index in [9.17, 15) is 14.7 Å². The van der Waals surface area contributed by atoms with Crippen molar-refractivity contribution in [3.63, 3.8) is 0 Å². The minimum atomic E-state index is -0.380. The van der Waals surface area contributed by atoms with Gasteiger partial charge in [0.1, 0.15) is 11.1 Å². The summed E-state index contributed by atoms with van der Waals surface area (Å²) >= 11 is 1.44. The lowest BCUT2D eigenvalue weighted by Crippen LogP contribution is -2.33. The van der Waals surface area contributed by atoms with Gasteiger partial charge in [-0.25, -0.2) is 4.68 Å². The molecule has 2 aromatic carbocycles. The quantitative estimate of drug-likeness (QED) is 0.714. The molecular weight excluding hydrogens is 390 g/mol. The minimum Gasteiger partial charge on any atom is -0.504 e. The molecule has 150 valence electrons. The van der Waals surface area contributed by atoms with E-state index in [0.29, 0.717) is 17.1 Å². The summed E-state index contributed by atoms with van der Waals surface area (Å²) in [5, 5.41) is 9.52. The molecule has 0 radical (unpaired) electrons. The fourth-order valence-corrected chi connectivity index (χ4v) is 4.74. The standard InChI is InChI=1S/C21H21N3O4S/c1-13-19(20(27)24(22(13)2)15-7-5-4-6-8-15)23-18(26)12-29-21(23)14-9-10-16(25)17(11-14)28-3/h4-11,21,25H,12H2,1-3H3/t21-/m1/s1. The highest BCUT2D eigenvalue weighted by Gasteiger charge is 2.38. The van der Waals surface area contributed by atoms with Gasteiger partial charge in [-0.2, -0.15) is 0 Å². The number of amides is 1. The van der Waals surface area contributed by atoms with Gasteiger partial charge in [0.05, 0.1) is 24.2 Å². The number of aromatic hydroxyl groups is 1. The van der Waals surface area contributed by atoms with Crippen LogP contribution < -0.4 is 15.2 Å². The van der Waals surface area contributed by atoms with Crippen LogP contribution in [0.1, 0.15) is 16.6 Å². The molecule has 0 unspecified atom stereocenters. The highest BCUT2D eigenvalue weighted by molar-refractivity contribution is 8.00.